The molecule has 1 aromatic carbocycles. The van der Waals surface area contributed by atoms with Gasteiger partial charge in [0.15, 0.2) is 0 Å². The van der Waals surface area contributed by atoms with Crippen LogP contribution in [0.25, 0.3) is 10.9 Å². The van der Waals surface area contributed by atoms with E-state index in [0.29, 0.717) is 16.3 Å². The lowest BCUT2D eigenvalue weighted by molar-refractivity contribution is 0.0695. The van der Waals surface area contributed by atoms with Gasteiger partial charge < -0.3 is 9.67 Å². The van der Waals surface area contributed by atoms with Crippen molar-refractivity contribution in [3.05, 3.63) is 44.7 Å². The summed E-state index contributed by atoms with van der Waals surface area (Å²) in [6.45, 7) is 2.64. The third kappa shape index (κ3) is 2.10. The minimum Gasteiger partial charge on any atom is -0.477 e. The number of halogens is 1. The summed E-state index contributed by atoms with van der Waals surface area (Å²) in [5.74, 6) is -0.639. The zero-order chi connectivity index (χ0) is 14.4. The molecule has 1 saturated carbocycles. The van der Waals surface area contributed by atoms with Gasteiger partial charge in [0.2, 0.25) is 5.43 Å². The van der Waals surface area contributed by atoms with Gasteiger partial charge in [-0.3, -0.25) is 4.79 Å². The van der Waals surface area contributed by atoms with Crippen molar-refractivity contribution < 1.29 is 9.90 Å². The van der Waals surface area contributed by atoms with Gasteiger partial charge in [-0.1, -0.05) is 17.7 Å². The van der Waals surface area contributed by atoms with Crippen LogP contribution in [0.1, 0.15) is 28.8 Å². The van der Waals surface area contributed by atoms with Gasteiger partial charge >= 0.3 is 5.97 Å². The molecule has 1 N–H and O–H groups in total. The Bertz CT molecular complexity index is 775. The molecule has 2 aromatic rings. The van der Waals surface area contributed by atoms with Crippen molar-refractivity contribution in [2.24, 2.45) is 5.92 Å². The lowest BCUT2D eigenvalue weighted by atomic mass is 10.1. The van der Waals surface area contributed by atoms with Crippen LogP contribution in [0.15, 0.2) is 23.1 Å². The first-order valence-corrected chi connectivity index (χ1v) is 6.92. The second-order valence-corrected chi connectivity index (χ2v) is 5.77. The average Bonchev–Trinajstić information content (AvgIpc) is 3.19. The van der Waals surface area contributed by atoms with E-state index in [1.807, 2.05) is 17.6 Å². The Balaban J connectivity index is 2.40. The number of pyridine rings is 1. The summed E-state index contributed by atoms with van der Waals surface area (Å²) in [5, 5.41) is 9.82. The molecule has 0 unspecified atom stereocenters. The zero-order valence-electron chi connectivity index (χ0n) is 11.0. The van der Waals surface area contributed by atoms with E-state index in [1.165, 1.54) is 6.20 Å². The highest BCUT2D eigenvalue weighted by Crippen LogP contribution is 2.33. The molecule has 20 heavy (non-hydrogen) atoms. The van der Waals surface area contributed by atoms with Crippen LogP contribution in [-0.2, 0) is 6.54 Å². The highest BCUT2D eigenvalue weighted by atomic mass is 35.5. The number of hydrogen-bond donors (Lipinski definition) is 1. The van der Waals surface area contributed by atoms with Crippen molar-refractivity contribution in [2.45, 2.75) is 26.3 Å². The monoisotopic (exact) mass is 291 g/mol. The Morgan fingerprint density at radius 3 is 2.75 bits per heavy atom. The topological polar surface area (TPSA) is 59.3 Å². The predicted octanol–water partition coefficient (Wildman–Crippen LogP) is 3.07. The Morgan fingerprint density at radius 1 is 1.45 bits per heavy atom. The largest absolute Gasteiger partial charge is 0.477 e. The number of carboxylic acids is 1. The van der Waals surface area contributed by atoms with Crippen LogP contribution in [0.2, 0.25) is 5.02 Å². The van der Waals surface area contributed by atoms with E-state index in [0.717, 1.165) is 30.5 Å². The minimum absolute atomic E-state index is 0.217. The summed E-state index contributed by atoms with van der Waals surface area (Å²) >= 11 is 6.13. The SMILES string of the molecule is Cc1ccc(Cl)c2c(=O)c(C(=O)O)cn(CC3CC3)c12. The molecule has 1 fully saturated rings. The molecule has 4 nitrogen and oxygen atoms in total. The number of benzene rings is 1. The first-order valence-electron chi connectivity index (χ1n) is 6.54. The Kier molecular flexibility index (Phi) is 3.05. The molecule has 0 spiro atoms. The Morgan fingerprint density at radius 2 is 2.15 bits per heavy atom. The van der Waals surface area contributed by atoms with E-state index in [9.17, 15) is 14.7 Å². The van der Waals surface area contributed by atoms with Crippen LogP contribution < -0.4 is 5.43 Å². The summed E-state index contributed by atoms with van der Waals surface area (Å²) in [4.78, 5) is 23.6. The third-order valence-electron chi connectivity index (χ3n) is 3.75. The summed E-state index contributed by atoms with van der Waals surface area (Å²) in [6.07, 6.45) is 3.75. The van der Waals surface area contributed by atoms with Gasteiger partial charge in [0.05, 0.1) is 15.9 Å². The molecule has 0 radical (unpaired) electrons. The van der Waals surface area contributed by atoms with Gasteiger partial charge in [-0.25, -0.2) is 4.79 Å². The van der Waals surface area contributed by atoms with E-state index in [2.05, 4.69) is 0 Å². The fourth-order valence-corrected chi connectivity index (χ4v) is 2.78. The molecule has 104 valence electrons. The average molecular weight is 292 g/mol. The number of hydrogen-bond acceptors (Lipinski definition) is 2. The second kappa shape index (κ2) is 4.63. The molecular weight excluding hydrogens is 278 g/mol. The lowest BCUT2D eigenvalue weighted by Gasteiger charge is -2.14. The number of carbonyl (C=O) groups is 1. The lowest BCUT2D eigenvalue weighted by Crippen LogP contribution is -2.20. The standard InChI is InChI=1S/C15H14ClNO3/c1-8-2-5-11(16)12-13(8)17(6-9-3-4-9)7-10(14(12)18)15(19)20/h2,5,7,9H,3-4,6H2,1H3,(H,19,20). The molecule has 0 saturated heterocycles. The first-order chi connectivity index (χ1) is 9.49. The molecule has 0 aliphatic heterocycles. The number of aromatic nitrogens is 1. The predicted molar refractivity (Wildman–Crippen MR) is 77.6 cm³/mol. The number of rotatable bonds is 3. The van der Waals surface area contributed by atoms with Gasteiger partial charge in [-0.05, 0) is 37.3 Å². The number of aromatic carboxylic acids is 1. The molecule has 5 heteroatoms. The van der Waals surface area contributed by atoms with Crippen molar-refractivity contribution in [3.63, 3.8) is 0 Å². The van der Waals surface area contributed by atoms with E-state index in [-0.39, 0.29) is 5.56 Å². The summed E-state index contributed by atoms with van der Waals surface area (Å²) in [5.41, 5.74) is 0.956. The van der Waals surface area contributed by atoms with E-state index in [4.69, 9.17) is 11.6 Å². The van der Waals surface area contributed by atoms with Crippen molar-refractivity contribution in [1.82, 2.24) is 4.57 Å². The van der Waals surface area contributed by atoms with Crippen molar-refractivity contribution in [3.8, 4) is 0 Å². The minimum atomic E-state index is -1.21. The first kappa shape index (κ1) is 13.2. The molecule has 1 heterocycles. The molecule has 0 amide bonds. The molecule has 1 aromatic heterocycles. The van der Waals surface area contributed by atoms with Crippen molar-refractivity contribution >= 4 is 28.5 Å². The summed E-state index contributed by atoms with van der Waals surface area (Å²) < 4.78 is 1.87. The summed E-state index contributed by atoms with van der Waals surface area (Å²) in [6, 6.07) is 3.50. The van der Waals surface area contributed by atoms with E-state index < -0.39 is 11.4 Å². The Hall–Kier alpha value is -1.81. The fraction of sp³-hybridized carbons (Fsp3) is 0.333. The van der Waals surface area contributed by atoms with Gasteiger partial charge in [0, 0.05) is 12.7 Å². The molecule has 1 aliphatic rings. The van der Waals surface area contributed by atoms with Crippen LogP contribution in [-0.4, -0.2) is 15.6 Å². The zero-order valence-corrected chi connectivity index (χ0v) is 11.8. The van der Waals surface area contributed by atoms with Crippen LogP contribution >= 0.6 is 11.6 Å². The van der Waals surface area contributed by atoms with Crippen LogP contribution in [0.4, 0.5) is 0 Å². The van der Waals surface area contributed by atoms with Crippen LogP contribution in [0, 0.1) is 12.8 Å². The van der Waals surface area contributed by atoms with E-state index >= 15 is 0 Å². The molecular formula is C15H14ClNO3. The maximum absolute atomic E-state index is 12.3. The fourth-order valence-electron chi connectivity index (χ4n) is 2.55. The van der Waals surface area contributed by atoms with Gasteiger partial charge in [-0.2, -0.15) is 0 Å². The number of fused-ring (bicyclic) bond motifs is 1. The molecule has 1 aliphatic carbocycles. The maximum atomic E-state index is 12.3. The number of aryl methyl sites for hydroxylation is 1. The smallest absolute Gasteiger partial charge is 0.341 e. The quantitative estimate of drug-likeness (QED) is 0.945. The van der Waals surface area contributed by atoms with Gasteiger partial charge in [0.25, 0.3) is 0 Å². The highest BCUT2D eigenvalue weighted by molar-refractivity contribution is 6.35. The van der Waals surface area contributed by atoms with Crippen LogP contribution in [0.3, 0.4) is 0 Å². The number of carboxylic acid groups (broad SMARTS) is 1. The number of nitrogens with zero attached hydrogens (tertiary/aromatic N) is 1. The Labute approximate surface area is 120 Å². The second-order valence-electron chi connectivity index (χ2n) is 5.36. The van der Waals surface area contributed by atoms with Crippen molar-refractivity contribution in [1.29, 1.82) is 0 Å². The van der Waals surface area contributed by atoms with Crippen LogP contribution in [0.5, 0.6) is 0 Å². The van der Waals surface area contributed by atoms with Gasteiger partial charge in [0.1, 0.15) is 5.56 Å². The normalized spacial score (nSPS) is 14.7. The van der Waals surface area contributed by atoms with Crippen molar-refractivity contribution in [2.75, 3.05) is 0 Å². The molecule has 0 atom stereocenters. The molecule has 0 bridgehead atoms. The summed E-state index contributed by atoms with van der Waals surface area (Å²) in [7, 11) is 0. The highest BCUT2D eigenvalue weighted by Gasteiger charge is 2.24. The maximum Gasteiger partial charge on any atom is 0.341 e. The third-order valence-corrected chi connectivity index (χ3v) is 4.07. The van der Waals surface area contributed by atoms with E-state index in [1.54, 1.807) is 6.07 Å². The van der Waals surface area contributed by atoms with Gasteiger partial charge in [-0.15, -0.1) is 0 Å². The molecule has 3 rings (SSSR count).